The summed E-state index contributed by atoms with van der Waals surface area (Å²) in [7, 11) is 0. The molecule has 0 saturated heterocycles. The van der Waals surface area contributed by atoms with Crippen molar-refractivity contribution in [3.63, 3.8) is 0 Å². The SMILES string of the molecule is N#CC(C(=O)c1ccc(N2c3ccccc3Oc3ccccc32)cc1)=C(O)c1ccc(N2c3ccccc3Oc3ccccc32)cc1. The van der Waals surface area contributed by atoms with Crippen LogP contribution < -0.4 is 19.3 Å². The molecule has 0 amide bonds. The van der Waals surface area contributed by atoms with Gasteiger partial charge in [0.2, 0.25) is 5.78 Å². The van der Waals surface area contributed by atoms with Crippen molar-refractivity contribution >= 4 is 45.7 Å². The van der Waals surface area contributed by atoms with Crippen molar-refractivity contribution in [1.82, 2.24) is 0 Å². The Morgan fingerprint density at radius 3 is 1.21 bits per heavy atom. The average molecular weight is 612 g/mol. The molecule has 0 bridgehead atoms. The minimum atomic E-state index is -0.570. The molecule has 0 atom stereocenters. The lowest BCUT2D eigenvalue weighted by Gasteiger charge is -2.32. The van der Waals surface area contributed by atoms with E-state index in [1.165, 1.54) is 0 Å². The van der Waals surface area contributed by atoms with Crippen LogP contribution in [0.25, 0.3) is 5.76 Å². The summed E-state index contributed by atoms with van der Waals surface area (Å²) in [5.41, 5.74) is 5.43. The molecule has 0 aliphatic carbocycles. The molecule has 0 fully saturated rings. The van der Waals surface area contributed by atoms with E-state index in [4.69, 9.17) is 9.47 Å². The number of nitrogens with zero attached hydrogens (tertiary/aromatic N) is 3. The van der Waals surface area contributed by atoms with Gasteiger partial charge >= 0.3 is 0 Å². The third-order valence-electron chi connectivity index (χ3n) is 8.23. The predicted octanol–water partition coefficient (Wildman–Crippen LogP) is 10.5. The van der Waals surface area contributed by atoms with Crippen molar-refractivity contribution in [3.05, 3.63) is 162 Å². The molecule has 0 aromatic heterocycles. The van der Waals surface area contributed by atoms with Crippen molar-refractivity contribution in [1.29, 1.82) is 5.26 Å². The third kappa shape index (κ3) is 4.73. The van der Waals surface area contributed by atoms with Gasteiger partial charge in [0.05, 0.1) is 22.7 Å². The highest BCUT2D eigenvalue weighted by molar-refractivity contribution is 6.15. The fourth-order valence-electron chi connectivity index (χ4n) is 6.00. The van der Waals surface area contributed by atoms with Crippen molar-refractivity contribution in [3.8, 4) is 29.1 Å². The Morgan fingerprint density at radius 1 is 0.511 bits per heavy atom. The number of allylic oxidation sites excluding steroid dienone is 1. The van der Waals surface area contributed by atoms with Crippen LogP contribution in [0, 0.1) is 11.3 Å². The normalized spacial score (nSPS) is 13.0. The molecule has 6 aromatic rings. The summed E-state index contributed by atoms with van der Waals surface area (Å²) in [5, 5.41) is 21.2. The fraction of sp³-hybridized carbons (Fsp3) is 0. The number of aliphatic hydroxyl groups is 1. The average Bonchev–Trinajstić information content (AvgIpc) is 3.13. The van der Waals surface area contributed by atoms with Gasteiger partial charge in [-0.25, -0.2) is 0 Å². The first-order valence-corrected chi connectivity index (χ1v) is 15.0. The second-order valence-corrected chi connectivity index (χ2v) is 11.0. The standard InChI is InChI=1S/C40H25N3O4/c41-25-30(39(44)26-17-21-28(22-18-26)42-31-9-1-5-13-35(31)46-36-14-6-2-10-32(36)42)40(45)27-19-23-29(24-20-27)43-33-11-3-7-15-37(33)47-38-16-8-4-12-34(38)43/h1-24,44H. The van der Waals surface area contributed by atoms with Gasteiger partial charge in [-0.3, -0.25) is 4.79 Å². The molecule has 2 aliphatic heterocycles. The van der Waals surface area contributed by atoms with Crippen LogP contribution in [-0.2, 0) is 0 Å². The number of para-hydroxylation sites is 8. The first-order chi connectivity index (χ1) is 23.1. The number of hydrogen-bond acceptors (Lipinski definition) is 7. The van der Waals surface area contributed by atoms with Gasteiger partial charge in [0.15, 0.2) is 23.0 Å². The largest absolute Gasteiger partial charge is 0.506 e. The Hall–Kier alpha value is -6.78. The number of carbonyl (C=O) groups excluding carboxylic acids is 1. The van der Waals surface area contributed by atoms with Crippen molar-refractivity contribution in [2.45, 2.75) is 0 Å². The van der Waals surface area contributed by atoms with Gasteiger partial charge in [0.1, 0.15) is 17.4 Å². The van der Waals surface area contributed by atoms with E-state index in [0.29, 0.717) is 5.56 Å². The second kappa shape index (κ2) is 11.3. The molecule has 7 heteroatoms. The summed E-state index contributed by atoms with van der Waals surface area (Å²) in [6.07, 6.45) is 0. The number of aliphatic hydroxyl groups excluding tert-OH is 1. The Balaban J connectivity index is 1.09. The molecule has 224 valence electrons. The number of ketones is 1. The lowest BCUT2D eigenvalue weighted by molar-refractivity contribution is 0.103. The van der Waals surface area contributed by atoms with Gasteiger partial charge < -0.3 is 24.4 Å². The van der Waals surface area contributed by atoms with Gasteiger partial charge in [-0.2, -0.15) is 5.26 Å². The number of ether oxygens (including phenoxy) is 2. The smallest absolute Gasteiger partial charge is 0.207 e. The van der Waals surface area contributed by atoms with Gasteiger partial charge in [0.25, 0.3) is 0 Å². The van der Waals surface area contributed by atoms with E-state index < -0.39 is 5.78 Å². The van der Waals surface area contributed by atoms with Crippen LogP contribution in [0.1, 0.15) is 15.9 Å². The topological polar surface area (TPSA) is 86.0 Å². The highest BCUT2D eigenvalue weighted by atomic mass is 16.5. The summed E-state index contributed by atoms with van der Waals surface area (Å²) in [4.78, 5) is 17.7. The minimum absolute atomic E-state index is 0.282. The number of nitriles is 1. The first-order valence-electron chi connectivity index (χ1n) is 15.0. The fourth-order valence-corrected chi connectivity index (χ4v) is 6.00. The summed E-state index contributed by atoms with van der Waals surface area (Å²) in [6, 6.07) is 47.0. The molecular formula is C40H25N3O4. The van der Waals surface area contributed by atoms with Crippen LogP contribution >= 0.6 is 0 Å². The zero-order chi connectivity index (χ0) is 31.9. The van der Waals surface area contributed by atoms with E-state index in [-0.39, 0.29) is 16.9 Å². The highest BCUT2D eigenvalue weighted by Crippen LogP contribution is 2.51. The van der Waals surface area contributed by atoms with Gasteiger partial charge in [0, 0.05) is 22.5 Å². The van der Waals surface area contributed by atoms with E-state index in [2.05, 4.69) is 9.80 Å². The van der Waals surface area contributed by atoms with E-state index >= 15 is 0 Å². The van der Waals surface area contributed by atoms with Crippen molar-refractivity contribution in [2.75, 3.05) is 9.80 Å². The summed E-state index contributed by atoms with van der Waals surface area (Å²) in [6.45, 7) is 0. The minimum Gasteiger partial charge on any atom is -0.506 e. The number of carbonyl (C=O) groups is 1. The lowest BCUT2D eigenvalue weighted by atomic mass is 9.99. The number of benzene rings is 6. The molecule has 7 nitrogen and oxygen atoms in total. The maximum atomic E-state index is 13.6. The molecule has 0 saturated carbocycles. The summed E-state index contributed by atoms with van der Waals surface area (Å²) in [5.74, 6) is 1.94. The number of Topliss-reactive ketones (excluding diaryl/α,β-unsaturated/α-hetero) is 1. The molecule has 0 unspecified atom stereocenters. The zero-order valence-electron chi connectivity index (χ0n) is 24.9. The Bertz CT molecular complexity index is 2160. The highest BCUT2D eigenvalue weighted by Gasteiger charge is 2.27. The van der Waals surface area contributed by atoms with Crippen LogP contribution in [0.15, 0.2) is 151 Å². The lowest BCUT2D eigenvalue weighted by Crippen LogP contribution is -2.16. The number of rotatable bonds is 5. The molecule has 1 N–H and O–H groups in total. The molecule has 2 aliphatic rings. The van der Waals surface area contributed by atoms with Crippen LogP contribution in [0.2, 0.25) is 0 Å². The van der Waals surface area contributed by atoms with Crippen LogP contribution in [0.3, 0.4) is 0 Å². The maximum Gasteiger partial charge on any atom is 0.207 e. The third-order valence-corrected chi connectivity index (χ3v) is 8.23. The second-order valence-electron chi connectivity index (χ2n) is 11.0. The maximum absolute atomic E-state index is 13.6. The molecule has 0 radical (unpaired) electrons. The van der Waals surface area contributed by atoms with E-state index in [1.807, 2.05) is 127 Å². The Morgan fingerprint density at radius 2 is 0.851 bits per heavy atom. The molecule has 0 spiro atoms. The quantitative estimate of drug-likeness (QED) is 0.0897. The van der Waals surface area contributed by atoms with Crippen molar-refractivity contribution < 1.29 is 19.4 Å². The van der Waals surface area contributed by atoms with E-state index in [1.54, 1.807) is 24.3 Å². The molecule has 8 rings (SSSR count). The van der Waals surface area contributed by atoms with Crippen LogP contribution in [-0.4, -0.2) is 10.9 Å². The number of anilines is 6. The molecular weight excluding hydrogens is 586 g/mol. The summed E-state index contributed by atoms with van der Waals surface area (Å²) >= 11 is 0. The van der Waals surface area contributed by atoms with E-state index in [9.17, 15) is 15.2 Å². The zero-order valence-corrected chi connectivity index (χ0v) is 24.9. The summed E-state index contributed by atoms with van der Waals surface area (Å²) < 4.78 is 12.2. The number of hydrogen-bond donors (Lipinski definition) is 1. The predicted molar refractivity (Wildman–Crippen MR) is 182 cm³/mol. The number of fused-ring (bicyclic) bond motifs is 4. The first kappa shape index (κ1) is 27.7. The Kier molecular flexibility index (Phi) is 6.67. The van der Waals surface area contributed by atoms with Gasteiger partial charge in [-0.1, -0.05) is 48.5 Å². The van der Waals surface area contributed by atoms with Crippen molar-refractivity contribution in [2.24, 2.45) is 0 Å². The monoisotopic (exact) mass is 611 g/mol. The van der Waals surface area contributed by atoms with Gasteiger partial charge in [-0.15, -0.1) is 0 Å². The van der Waals surface area contributed by atoms with Crippen LogP contribution in [0.4, 0.5) is 34.1 Å². The molecule has 2 heterocycles. The van der Waals surface area contributed by atoms with E-state index in [0.717, 1.165) is 57.1 Å². The molecule has 6 aromatic carbocycles. The van der Waals surface area contributed by atoms with Gasteiger partial charge in [-0.05, 0) is 97.1 Å². The molecule has 47 heavy (non-hydrogen) atoms. The van der Waals surface area contributed by atoms with Crippen LogP contribution in [0.5, 0.6) is 23.0 Å². The Labute approximate surface area is 271 Å².